The van der Waals surface area contributed by atoms with E-state index >= 15 is 0 Å². The van der Waals surface area contributed by atoms with Gasteiger partial charge in [-0.3, -0.25) is 0 Å². The first-order valence-electron chi connectivity index (χ1n) is 11.4. The highest BCUT2D eigenvalue weighted by Crippen LogP contribution is 2.38. The lowest BCUT2D eigenvalue weighted by molar-refractivity contribution is 0.174. The van der Waals surface area contributed by atoms with E-state index in [1.165, 1.54) is 11.1 Å². The fraction of sp³-hybridized carbons (Fsp3) is 0.286. The van der Waals surface area contributed by atoms with Crippen LogP contribution in [0.5, 0.6) is 17.2 Å². The van der Waals surface area contributed by atoms with Crippen LogP contribution >= 0.6 is 0 Å². The Morgan fingerprint density at radius 2 is 1.88 bits per heavy atom. The summed E-state index contributed by atoms with van der Waals surface area (Å²) in [5.74, 6) is 2.36. The molecule has 0 spiro atoms. The maximum Gasteiger partial charge on any atom is 0.231 e. The van der Waals surface area contributed by atoms with Gasteiger partial charge >= 0.3 is 0 Å². The molecular weight excluding hydrogens is 414 g/mol. The molecule has 5 nitrogen and oxygen atoms in total. The van der Waals surface area contributed by atoms with Gasteiger partial charge < -0.3 is 24.6 Å². The number of benzene rings is 3. The van der Waals surface area contributed by atoms with Crippen LogP contribution in [0.3, 0.4) is 0 Å². The topological polar surface area (TPSA) is 60.0 Å². The molecule has 5 heteroatoms. The van der Waals surface area contributed by atoms with Crippen LogP contribution in [0.4, 0.5) is 0 Å². The van der Waals surface area contributed by atoms with E-state index in [9.17, 15) is 5.11 Å². The van der Waals surface area contributed by atoms with Crippen molar-refractivity contribution in [2.75, 3.05) is 13.3 Å². The molecule has 2 N–H and O–H groups in total. The number of rotatable bonds is 6. The van der Waals surface area contributed by atoms with E-state index in [1.807, 2.05) is 42.5 Å². The molecule has 0 saturated heterocycles. The predicted molar refractivity (Wildman–Crippen MR) is 129 cm³/mol. The van der Waals surface area contributed by atoms with Crippen molar-refractivity contribution in [1.82, 2.24) is 5.32 Å². The summed E-state index contributed by atoms with van der Waals surface area (Å²) in [6.07, 6.45) is 5.26. The maximum absolute atomic E-state index is 10.2. The summed E-state index contributed by atoms with van der Waals surface area (Å²) in [6.45, 7) is 5.75. The molecule has 2 aliphatic rings. The molecule has 0 fully saturated rings. The second kappa shape index (κ2) is 9.30. The van der Waals surface area contributed by atoms with Crippen molar-refractivity contribution in [3.63, 3.8) is 0 Å². The maximum atomic E-state index is 10.2. The van der Waals surface area contributed by atoms with Crippen molar-refractivity contribution in [2.45, 2.75) is 39.5 Å². The molecular formula is C28H29NO4. The molecule has 0 amide bonds. The van der Waals surface area contributed by atoms with Crippen molar-refractivity contribution in [3.8, 4) is 17.2 Å². The molecule has 0 radical (unpaired) electrons. The van der Waals surface area contributed by atoms with Crippen LogP contribution < -0.4 is 19.5 Å². The molecule has 0 bridgehead atoms. The molecule has 2 heterocycles. The minimum absolute atomic E-state index is 0.0546. The van der Waals surface area contributed by atoms with E-state index < -0.39 is 0 Å². The lowest BCUT2D eigenvalue weighted by Gasteiger charge is -2.29. The van der Waals surface area contributed by atoms with E-state index in [0.29, 0.717) is 6.61 Å². The first kappa shape index (κ1) is 21.6. The third-order valence-corrected chi connectivity index (χ3v) is 6.50. The fourth-order valence-corrected chi connectivity index (χ4v) is 4.68. The minimum atomic E-state index is -0.0546. The Morgan fingerprint density at radius 1 is 1.09 bits per heavy atom. The summed E-state index contributed by atoms with van der Waals surface area (Å²) in [4.78, 5) is 0. The summed E-state index contributed by atoms with van der Waals surface area (Å²) < 4.78 is 17.2. The van der Waals surface area contributed by atoms with E-state index in [0.717, 1.165) is 58.0 Å². The lowest BCUT2D eigenvalue weighted by atomic mass is 9.86. The SMILES string of the molecule is Cc1cc2c(cc1/C=C/C1NCCc3cc(OCc4ccccc4)c(CO)c(C)c31)OCO2. The molecule has 0 saturated carbocycles. The first-order valence-corrected chi connectivity index (χ1v) is 11.4. The molecule has 1 atom stereocenters. The first-order chi connectivity index (χ1) is 16.1. The Labute approximate surface area is 194 Å². The number of fused-ring (bicyclic) bond motifs is 2. The normalized spacial score (nSPS) is 16.8. The lowest BCUT2D eigenvalue weighted by Crippen LogP contribution is -2.30. The quantitative estimate of drug-likeness (QED) is 0.561. The number of nitrogens with one attached hydrogen (secondary N) is 1. The van der Waals surface area contributed by atoms with Gasteiger partial charge in [0, 0.05) is 12.1 Å². The van der Waals surface area contributed by atoms with E-state index in [-0.39, 0.29) is 19.4 Å². The molecule has 5 rings (SSSR count). The Bertz CT molecular complexity index is 1190. The summed E-state index contributed by atoms with van der Waals surface area (Å²) in [5, 5.41) is 13.8. The standard InChI is InChI=1S/C28H29NO4/c1-18-12-26-27(33-17-32-26)13-21(18)8-9-24-28-19(2)23(15-30)25(14-22(28)10-11-29-24)31-16-20-6-4-3-5-7-20/h3-9,12-14,24,29-30H,10-11,15-17H2,1-2H3/b9-8+. The number of ether oxygens (including phenoxy) is 3. The number of hydrogen-bond donors (Lipinski definition) is 2. The van der Waals surface area contributed by atoms with Crippen molar-refractivity contribution >= 4 is 6.08 Å². The van der Waals surface area contributed by atoms with Crippen LogP contribution in [-0.4, -0.2) is 18.4 Å². The van der Waals surface area contributed by atoms with Crippen molar-refractivity contribution in [2.24, 2.45) is 0 Å². The van der Waals surface area contributed by atoms with Gasteiger partial charge in [0.2, 0.25) is 6.79 Å². The van der Waals surface area contributed by atoms with E-state index in [2.05, 4.69) is 37.4 Å². The van der Waals surface area contributed by atoms with Gasteiger partial charge in [0.05, 0.1) is 12.6 Å². The number of aryl methyl sites for hydroxylation is 1. The highest BCUT2D eigenvalue weighted by molar-refractivity contribution is 5.62. The summed E-state index contributed by atoms with van der Waals surface area (Å²) in [7, 11) is 0. The Kier molecular flexibility index (Phi) is 6.07. The number of aliphatic hydroxyl groups is 1. The van der Waals surface area contributed by atoms with Gasteiger partial charge in [-0.05, 0) is 71.8 Å². The van der Waals surface area contributed by atoms with Crippen LogP contribution in [-0.2, 0) is 19.6 Å². The van der Waals surface area contributed by atoms with Crippen LogP contribution in [0.2, 0.25) is 0 Å². The Balaban J connectivity index is 1.43. The van der Waals surface area contributed by atoms with Crippen LogP contribution in [0, 0.1) is 13.8 Å². The smallest absolute Gasteiger partial charge is 0.231 e. The molecule has 170 valence electrons. The largest absolute Gasteiger partial charge is 0.489 e. The van der Waals surface area contributed by atoms with Gasteiger partial charge in [-0.2, -0.15) is 0 Å². The molecule has 1 unspecified atom stereocenters. The predicted octanol–water partition coefficient (Wildman–Crippen LogP) is 5.00. The van der Waals surface area contributed by atoms with Gasteiger partial charge in [0.25, 0.3) is 0 Å². The van der Waals surface area contributed by atoms with Crippen molar-refractivity contribution in [1.29, 1.82) is 0 Å². The van der Waals surface area contributed by atoms with Gasteiger partial charge in [0.15, 0.2) is 11.5 Å². The average molecular weight is 444 g/mol. The summed E-state index contributed by atoms with van der Waals surface area (Å²) in [6, 6.07) is 16.3. The fourth-order valence-electron chi connectivity index (χ4n) is 4.68. The Hall–Kier alpha value is -3.28. The molecule has 2 aliphatic heterocycles. The van der Waals surface area contributed by atoms with Gasteiger partial charge in [0.1, 0.15) is 12.4 Å². The minimum Gasteiger partial charge on any atom is -0.489 e. The molecule has 3 aromatic rings. The van der Waals surface area contributed by atoms with Crippen molar-refractivity contribution in [3.05, 3.63) is 93.6 Å². The van der Waals surface area contributed by atoms with Gasteiger partial charge in [-0.25, -0.2) is 0 Å². The zero-order valence-corrected chi connectivity index (χ0v) is 19.1. The molecule has 3 aromatic carbocycles. The number of aliphatic hydroxyl groups excluding tert-OH is 1. The van der Waals surface area contributed by atoms with Crippen molar-refractivity contribution < 1.29 is 19.3 Å². The van der Waals surface area contributed by atoms with Gasteiger partial charge in [-0.15, -0.1) is 0 Å². The Morgan fingerprint density at radius 3 is 2.67 bits per heavy atom. The zero-order valence-electron chi connectivity index (χ0n) is 19.1. The summed E-state index contributed by atoms with van der Waals surface area (Å²) >= 11 is 0. The third-order valence-electron chi connectivity index (χ3n) is 6.50. The van der Waals surface area contributed by atoms with E-state index in [1.54, 1.807) is 0 Å². The van der Waals surface area contributed by atoms with Crippen LogP contribution in [0.25, 0.3) is 6.08 Å². The van der Waals surface area contributed by atoms with E-state index in [4.69, 9.17) is 14.2 Å². The average Bonchev–Trinajstić information content (AvgIpc) is 3.29. The third kappa shape index (κ3) is 4.34. The highest BCUT2D eigenvalue weighted by atomic mass is 16.7. The van der Waals surface area contributed by atoms with Gasteiger partial charge in [-0.1, -0.05) is 42.5 Å². The molecule has 0 aromatic heterocycles. The zero-order chi connectivity index (χ0) is 22.8. The summed E-state index contributed by atoms with van der Waals surface area (Å²) in [5.41, 5.74) is 7.79. The molecule has 33 heavy (non-hydrogen) atoms. The van der Waals surface area contributed by atoms with Crippen LogP contribution in [0.15, 0.2) is 54.6 Å². The molecule has 0 aliphatic carbocycles. The monoisotopic (exact) mass is 443 g/mol. The highest BCUT2D eigenvalue weighted by Gasteiger charge is 2.24. The van der Waals surface area contributed by atoms with Crippen LogP contribution in [0.1, 0.15) is 45.0 Å². The number of hydrogen-bond acceptors (Lipinski definition) is 5. The second-order valence-electron chi connectivity index (χ2n) is 8.59. The second-order valence-corrected chi connectivity index (χ2v) is 8.59.